The molecule has 0 radical (unpaired) electrons. The van der Waals surface area contributed by atoms with Gasteiger partial charge in [0.15, 0.2) is 0 Å². The molecule has 20 heavy (non-hydrogen) atoms. The zero-order valence-corrected chi connectivity index (χ0v) is 11.8. The van der Waals surface area contributed by atoms with Gasteiger partial charge in [-0.1, -0.05) is 19.3 Å². The molecule has 106 valence electrons. The average Bonchev–Trinajstić information content (AvgIpc) is 2.46. The fraction of sp³-hybridized carbons (Fsp3) is 0.500. The van der Waals surface area contributed by atoms with Gasteiger partial charge >= 0.3 is 5.97 Å². The van der Waals surface area contributed by atoms with Crippen LogP contribution < -0.4 is 5.32 Å². The van der Waals surface area contributed by atoms with Gasteiger partial charge in [-0.05, 0) is 43.5 Å². The first kappa shape index (κ1) is 14.4. The summed E-state index contributed by atoms with van der Waals surface area (Å²) in [5.41, 5.74) is 1.81. The number of rotatable bonds is 4. The Bertz CT molecular complexity index is 540. The van der Waals surface area contributed by atoms with Crippen LogP contribution in [0.3, 0.4) is 0 Å². The Balaban J connectivity index is 2.08. The quantitative estimate of drug-likeness (QED) is 0.882. The molecular formula is C16H20N2O2. The van der Waals surface area contributed by atoms with Gasteiger partial charge in [-0.15, -0.1) is 0 Å². The van der Waals surface area contributed by atoms with E-state index < -0.39 is 11.4 Å². The molecule has 0 atom stereocenters. The summed E-state index contributed by atoms with van der Waals surface area (Å²) in [6.45, 7) is 2.34. The summed E-state index contributed by atoms with van der Waals surface area (Å²) >= 11 is 0. The van der Waals surface area contributed by atoms with E-state index in [-0.39, 0.29) is 0 Å². The van der Waals surface area contributed by atoms with Gasteiger partial charge in [0.05, 0.1) is 17.0 Å². The Morgan fingerprint density at radius 2 is 2.10 bits per heavy atom. The van der Waals surface area contributed by atoms with Crippen LogP contribution in [0.15, 0.2) is 18.2 Å². The highest BCUT2D eigenvalue weighted by Gasteiger charge is 2.39. The smallest absolute Gasteiger partial charge is 0.311 e. The molecule has 0 amide bonds. The van der Waals surface area contributed by atoms with E-state index in [0.717, 1.165) is 43.4 Å². The molecule has 1 fully saturated rings. The number of hydrogen-bond acceptors (Lipinski definition) is 3. The topological polar surface area (TPSA) is 73.1 Å². The van der Waals surface area contributed by atoms with E-state index in [1.807, 2.05) is 19.1 Å². The van der Waals surface area contributed by atoms with Gasteiger partial charge in [-0.2, -0.15) is 5.26 Å². The molecule has 0 aromatic heterocycles. The fourth-order valence-electron chi connectivity index (χ4n) is 2.87. The average molecular weight is 272 g/mol. The van der Waals surface area contributed by atoms with Gasteiger partial charge < -0.3 is 10.4 Å². The van der Waals surface area contributed by atoms with Crippen molar-refractivity contribution in [1.82, 2.24) is 0 Å². The number of benzene rings is 1. The molecule has 1 aliphatic rings. The van der Waals surface area contributed by atoms with Crippen molar-refractivity contribution in [3.8, 4) is 6.07 Å². The number of nitriles is 1. The summed E-state index contributed by atoms with van der Waals surface area (Å²) in [7, 11) is 0. The van der Waals surface area contributed by atoms with Gasteiger partial charge in [0.1, 0.15) is 0 Å². The Labute approximate surface area is 119 Å². The van der Waals surface area contributed by atoms with Crippen LogP contribution >= 0.6 is 0 Å². The highest BCUT2D eigenvalue weighted by atomic mass is 16.4. The molecule has 0 bridgehead atoms. The number of anilines is 1. The van der Waals surface area contributed by atoms with E-state index in [4.69, 9.17) is 5.26 Å². The Morgan fingerprint density at radius 3 is 2.65 bits per heavy atom. The second-order valence-electron chi connectivity index (χ2n) is 5.64. The van der Waals surface area contributed by atoms with Gasteiger partial charge in [0.25, 0.3) is 0 Å². The van der Waals surface area contributed by atoms with Crippen LogP contribution in [0, 0.1) is 23.7 Å². The molecule has 2 rings (SSSR count). The minimum atomic E-state index is -0.699. The van der Waals surface area contributed by atoms with Crippen LogP contribution in [0.4, 0.5) is 5.69 Å². The zero-order valence-electron chi connectivity index (χ0n) is 11.8. The molecule has 0 unspecified atom stereocenters. The molecule has 0 spiro atoms. The van der Waals surface area contributed by atoms with Crippen molar-refractivity contribution >= 4 is 11.7 Å². The van der Waals surface area contributed by atoms with Crippen molar-refractivity contribution in [2.45, 2.75) is 39.0 Å². The van der Waals surface area contributed by atoms with Gasteiger partial charge in [0.2, 0.25) is 0 Å². The minimum Gasteiger partial charge on any atom is -0.481 e. The summed E-state index contributed by atoms with van der Waals surface area (Å²) in [4.78, 5) is 11.6. The number of hydrogen-bond donors (Lipinski definition) is 2. The van der Waals surface area contributed by atoms with Crippen LogP contribution in [-0.4, -0.2) is 17.6 Å². The number of carboxylic acids is 1. The number of nitrogens with one attached hydrogen (secondary N) is 1. The van der Waals surface area contributed by atoms with Crippen molar-refractivity contribution in [2.75, 3.05) is 11.9 Å². The maximum Gasteiger partial charge on any atom is 0.311 e. The van der Waals surface area contributed by atoms with Crippen LogP contribution in [-0.2, 0) is 4.79 Å². The van der Waals surface area contributed by atoms with E-state index >= 15 is 0 Å². The highest BCUT2D eigenvalue weighted by molar-refractivity contribution is 5.75. The molecule has 1 aliphatic carbocycles. The first-order valence-corrected chi connectivity index (χ1v) is 7.05. The van der Waals surface area contributed by atoms with Crippen molar-refractivity contribution in [1.29, 1.82) is 5.26 Å². The van der Waals surface area contributed by atoms with E-state index in [0.29, 0.717) is 12.1 Å². The lowest BCUT2D eigenvalue weighted by atomic mass is 9.74. The predicted octanol–water partition coefficient (Wildman–Crippen LogP) is 3.31. The Morgan fingerprint density at radius 1 is 1.40 bits per heavy atom. The second-order valence-corrected chi connectivity index (χ2v) is 5.64. The van der Waals surface area contributed by atoms with E-state index in [2.05, 4.69) is 11.4 Å². The molecule has 1 aromatic carbocycles. The molecule has 0 saturated heterocycles. The molecule has 0 aliphatic heterocycles. The van der Waals surface area contributed by atoms with Crippen LogP contribution in [0.1, 0.15) is 43.2 Å². The summed E-state index contributed by atoms with van der Waals surface area (Å²) in [6.07, 6.45) is 4.58. The fourth-order valence-corrected chi connectivity index (χ4v) is 2.87. The number of carbonyl (C=O) groups is 1. The third-order valence-corrected chi connectivity index (χ3v) is 4.24. The molecule has 4 heteroatoms. The standard InChI is InChI=1S/C16H20N2O2/c1-12-9-14(6-5-13(12)10-17)18-11-16(15(19)20)7-3-2-4-8-16/h5-6,9,18H,2-4,7-8,11H2,1H3,(H,19,20). The lowest BCUT2D eigenvalue weighted by Crippen LogP contribution is -2.39. The zero-order chi connectivity index (χ0) is 14.6. The van der Waals surface area contributed by atoms with Gasteiger partial charge in [-0.25, -0.2) is 0 Å². The summed E-state index contributed by atoms with van der Waals surface area (Å²) < 4.78 is 0. The van der Waals surface area contributed by atoms with Crippen molar-refractivity contribution in [3.05, 3.63) is 29.3 Å². The van der Waals surface area contributed by atoms with E-state index in [1.54, 1.807) is 6.07 Å². The summed E-state index contributed by atoms with van der Waals surface area (Å²) in [5.74, 6) is -0.699. The third kappa shape index (κ3) is 2.93. The molecule has 4 nitrogen and oxygen atoms in total. The SMILES string of the molecule is Cc1cc(NCC2(C(=O)O)CCCCC2)ccc1C#N. The lowest BCUT2D eigenvalue weighted by molar-refractivity contribution is -0.150. The Hall–Kier alpha value is -2.02. The number of carboxylic acid groups (broad SMARTS) is 1. The predicted molar refractivity (Wildman–Crippen MR) is 77.5 cm³/mol. The molecule has 2 N–H and O–H groups in total. The number of aliphatic carboxylic acids is 1. The first-order valence-electron chi connectivity index (χ1n) is 7.05. The lowest BCUT2D eigenvalue weighted by Gasteiger charge is -2.33. The number of aryl methyl sites for hydroxylation is 1. The van der Waals surface area contributed by atoms with E-state index in [9.17, 15) is 9.90 Å². The largest absolute Gasteiger partial charge is 0.481 e. The van der Waals surface area contributed by atoms with Crippen molar-refractivity contribution < 1.29 is 9.90 Å². The maximum absolute atomic E-state index is 11.6. The van der Waals surface area contributed by atoms with Crippen molar-refractivity contribution in [2.24, 2.45) is 5.41 Å². The van der Waals surface area contributed by atoms with Crippen LogP contribution in [0.25, 0.3) is 0 Å². The maximum atomic E-state index is 11.6. The molecule has 1 saturated carbocycles. The third-order valence-electron chi connectivity index (χ3n) is 4.24. The summed E-state index contributed by atoms with van der Waals surface area (Å²) in [5, 5.41) is 21.7. The number of nitrogens with zero attached hydrogens (tertiary/aromatic N) is 1. The highest BCUT2D eigenvalue weighted by Crippen LogP contribution is 2.36. The minimum absolute atomic E-state index is 0.452. The molecule has 1 aromatic rings. The van der Waals surface area contributed by atoms with Crippen LogP contribution in [0.2, 0.25) is 0 Å². The van der Waals surface area contributed by atoms with Crippen molar-refractivity contribution in [3.63, 3.8) is 0 Å². The monoisotopic (exact) mass is 272 g/mol. The molecular weight excluding hydrogens is 252 g/mol. The Kier molecular flexibility index (Phi) is 4.29. The summed E-state index contributed by atoms with van der Waals surface area (Å²) in [6, 6.07) is 7.64. The van der Waals surface area contributed by atoms with Gasteiger partial charge in [0, 0.05) is 12.2 Å². The van der Waals surface area contributed by atoms with Gasteiger partial charge in [-0.3, -0.25) is 4.79 Å². The first-order chi connectivity index (χ1) is 9.57. The second kappa shape index (κ2) is 5.96. The normalized spacial score (nSPS) is 17.2. The van der Waals surface area contributed by atoms with Crippen LogP contribution in [0.5, 0.6) is 0 Å². The van der Waals surface area contributed by atoms with E-state index in [1.165, 1.54) is 0 Å². The molecule has 0 heterocycles.